The van der Waals surface area contributed by atoms with Gasteiger partial charge in [0.2, 0.25) is 11.6 Å². The van der Waals surface area contributed by atoms with Crippen LogP contribution in [-0.2, 0) is 0 Å². The van der Waals surface area contributed by atoms with Crippen LogP contribution < -0.4 is 0 Å². The monoisotopic (exact) mass is 216 g/mol. The van der Waals surface area contributed by atoms with Crippen LogP contribution in [0.1, 0.15) is 12.0 Å². The van der Waals surface area contributed by atoms with Crippen LogP contribution in [0.15, 0.2) is 0 Å². The maximum atomic E-state index is 12.5. The van der Waals surface area contributed by atoms with E-state index < -0.39 is 41.0 Å². The van der Waals surface area contributed by atoms with E-state index >= 15 is 0 Å². The fraction of sp³-hybridized carbons (Fsp3) is 0.143. The van der Waals surface area contributed by atoms with Crippen molar-refractivity contribution < 1.29 is 31.4 Å². The van der Waals surface area contributed by atoms with E-state index in [2.05, 4.69) is 0 Å². The third-order valence-corrected chi connectivity index (χ3v) is 1.49. The number of benzene rings is 1. The standard InChI is InChI=1S/C7H2F6O/c8-2-1(7(12)13)3(9)5(11)6(14)4(2)10/h7,14H. The van der Waals surface area contributed by atoms with Gasteiger partial charge in [-0.05, 0) is 0 Å². The maximum absolute atomic E-state index is 12.5. The Hall–Kier alpha value is -1.40. The van der Waals surface area contributed by atoms with Crippen LogP contribution in [0, 0.1) is 23.3 Å². The zero-order chi connectivity index (χ0) is 11.0. The summed E-state index contributed by atoms with van der Waals surface area (Å²) in [6.45, 7) is 0. The number of halogens is 6. The summed E-state index contributed by atoms with van der Waals surface area (Å²) in [6, 6.07) is 0. The highest BCUT2D eigenvalue weighted by atomic mass is 19.3. The van der Waals surface area contributed by atoms with Gasteiger partial charge in [-0.3, -0.25) is 0 Å². The number of phenols is 1. The van der Waals surface area contributed by atoms with Crippen molar-refractivity contribution in [2.24, 2.45) is 0 Å². The van der Waals surface area contributed by atoms with Crippen molar-refractivity contribution in [1.82, 2.24) is 0 Å². The lowest BCUT2D eigenvalue weighted by molar-refractivity contribution is 0.137. The molecule has 0 atom stereocenters. The molecule has 0 saturated carbocycles. The molecule has 0 bridgehead atoms. The predicted octanol–water partition coefficient (Wildman–Crippen LogP) is 2.89. The highest BCUT2D eigenvalue weighted by Crippen LogP contribution is 2.33. The Bertz CT molecular complexity index is 346. The summed E-state index contributed by atoms with van der Waals surface area (Å²) in [5, 5.41) is 8.40. The molecule has 0 aromatic heterocycles. The first-order valence-electron chi connectivity index (χ1n) is 3.20. The van der Waals surface area contributed by atoms with Gasteiger partial charge in [0.05, 0.1) is 5.56 Å². The first-order valence-corrected chi connectivity index (χ1v) is 3.20. The number of alkyl halides is 2. The Morgan fingerprint density at radius 2 is 1.14 bits per heavy atom. The number of rotatable bonds is 1. The summed E-state index contributed by atoms with van der Waals surface area (Å²) in [6.07, 6.45) is -3.71. The molecule has 0 spiro atoms. The summed E-state index contributed by atoms with van der Waals surface area (Å²) >= 11 is 0. The van der Waals surface area contributed by atoms with Gasteiger partial charge in [-0.1, -0.05) is 0 Å². The molecule has 1 aromatic carbocycles. The largest absolute Gasteiger partial charge is 0.503 e. The average Bonchev–Trinajstić information content (AvgIpc) is 2.11. The zero-order valence-corrected chi connectivity index (χ0v) is 6.29. The Kier molecular flexibility index (Phi) is 2.59. The van der Waals surface area contributed by atoms with E-state index in [0.29, 0.717) is 0 Å². The van der Waals surface area contributed by atoms with E-state index in [4.69, 9.17) is 5.11 Å². The van der Waals surface area contributed by atoms with Crippen molar-refractivity contribution in [3.8, 4) is 5.75 Å². The third-order valence-electron chi connectivity index (χ3n) is 1.49. The molecule has 0 radical (unpaired) electrons. The Morgan fingerprint density at radius 1 is 0.786 bits per heavy atom. The number of phenolic OH excluding ortho intramolecular Hbond substituents is 1. The van der Waals surface area contributed by atoms with Gasteiger partial charge in [0, 0.05) is 0 Å². The van der Waals surface area contributed by atoms with E-state index in [0.717, 1.165) is 0 Å². The third kappa shape index (κ3) is 1.38. The molecule has 1 aromatic rings. The van der Waals surface area contributed by atoms with Crippen molar-refractivity contribution in [3.63, 3.8) is 0 Å². The zero-order valence-electron chi connectivity index (χ0n) is 6.29. The van der Waals surface area contributed by atoms with Crippen LogP contribution in [-0.4, -0.2) is 5.11 Å². The molecule has 0 fully saturated rings. The quantitative estimate of drug-likeness (QED) is 0.565. The molecule has 0 aliphatic carbocycles. The van der Waals surface area contributed by atoms with Gasteiger partial charge >= 0.3 is 0 Å². The highest BCUT2D eigenvalue weighted by molar-refractivity contribution is 5.33. The second-order valence-electron chi connectivity index (χ2n) is 2.32. The summed E-state index contributed by atoms with van der Waals surface area (Å²) in [5.41, 5.74) is -2.03. The summed E-state index contributed by atoms with van der Waals surface area (Å²) < 4.78 is 73.7. The Balaban J connectivity index is 3.60. The molecule has 1 rings (SSSR count). The van der Waals surface area contributed by atoms with E-state index in [9.17, 15) is 26.3 Å². The fourth-order valence-electron chi connectivity index (χ4n) is 0.829. The van der Waals surface area contributed by atoms with Gasteiger partial charge in [-0.2, -0.15) is 8.78 Å². The van der Waals surface area contributed by atoms with Gasteiger partial charge in [0.25, 0.3) is 6.43 Å². The molecular formula is C7H2F6O. The minimum Gasteiger partial charge on any atom is -0.503 e. The van der Waals surface area contributed by atoms with Crippen LogP contribution in [0.5, 0.6) is 5.75 Å². The fourth-order valence-corrected chi connectivity index (χ4v) is 0.829. The van der Waals surface area contributed by atoms with Crippen molar-refractivity contribution in [1.29, 1.82) is 0 Å². The predicted molar refractivity (Wildman–Crippen MR) is 32.9 cm³/mol. The van der Waals surface area contributed by atoms with E-state index in [-0.39, 0.29) is 0 Å². The summed E-state index contributed by atoms with van der Waals surface area (Å²) in [5.74, 6) is -11.0. The number of aromatic hydroxyl groups is 1. The molecule has 0 saturated heterocycles. The van der Waals surface area contributed by atoms with Crippen molar-refractivity contribution in [2.75, 3.05) is 0 Å². The lowest BCUT2D eigenvalue weighted by Gasteiger charge is -2.07. The van der Waals surface area contributed by atoms with Crippen molar-refractivity contribution in [2.45, 2.75) is 6.43 Å². The topological polar surface area (TPSA) is 20.2 Å². The molecule has 1 N–H and O–H groups in total. The van der Waals surface area contributed by atoms with Crippen LogP contribution in [0.3, 0.4) is 0 Å². The molecule has 0 amide bonds. The second kappa shape index (κ2) is 3.39. The molecule has 0 aliphatic heterocycles. The first kappa shape index (κ1) is 10.7. The molecule has 1 nitrogen and oxygen atoms in total. The minimum atomic E-state index is -3.71. The highest BCUT2D eigenvalue weighted by Gasteiger charge is 2.29. The summed E-state index contributed by atoms with van der Waals surface area (Å²) in [7, 11) is 0. The number of hydrogen-bond acceptors (Lipinski definition) is 1. The molecular weight excluding hydrogens is 214 g/mol. The smallest absolute Gasteiger partial charge is 0.269 e. The van der Waals surface area contributed by atoms with Gasteiger partial charge in [0.15, 0.2) is 17.4 Å². The van der Waals surface area contributed by atoms with E-state index in [1.165, 1.54) is 0 Å². The second-order valence-corrected chi connectivity index (χ2v) is 2.32. The summed E-state index contributed by atoms with van der Waals surface area (Å²) in [4.78, 5) is 0. The van der Waals surface area contributed by atoms with Gasteiger partial charge in [0.1, 0.15) is 0 Å². The Labute approximate surface area is 73.6 Å². The first-order chi connectivity index (χ1) is 6.37. The molecule has 78 valence electrons. The molecule has 0 aliphatic rings. The van der Waals surface area contributed by atoms with E-state index in [1.54, 1.807) is 0 Å². The van der Waals surface area contributed by atoms with Crippen LogP contribution in [0.4, 0.5) is 26.3 Å². The van der Waals surface area contributed by atoms with Gasteiger partial charge in [-0.25, -0.2) is 17.6 Å². The van der Waals surface area contributed by atoms with Crippen molar-refractivity contribution in [3.05, 3.63) is 28.8 Å². The van der Waals surface area contributed by atoms with Gasteiger partial charge < -0.3 is 5.11 Å². The lowest BCUT2D eigenvalue weighted by Crippen LogP contribution is -2.03. The normalized spacial score (nSPS) is 11.1. The molecule has 7 heteroatoms. The molecule has 0 heterocycles. The molecule has 14 heavy (non-hydrogen) atoms. The van der Waals surface area contributed by atoms with Gasteiger partial charge in [-0.15, -0.1) is 0 Å². The lowest BCUT2D eigenvalue weighted by atomic mass is 10.1. The van der Waals surface area contributed by atoms with E-state index in [1.807, 2.05) is 0 Å². The van der Waals surface area contributed by atoms with Crippen LogP contribution >= 0.6 is 0 Å². The molecule has 0 unspecified atom stereocenters. The SMILES string of the molecule is Oc1c(F)c(F)c(C(F)F)c(F)c1F. The van der Waals surface area contributed by atoms with Crippen LogP contribution in [0.25, 0.3) is 0 Å². The number of hydrogen-bond donors (Lipinski definition) is 1. The van der Waals surface area contributed by atoms with Crippen LogP contribution in [0.2, 0.25) is 0 Å². The maximum Gasteiger partial charge on any atom is 0.269 e. The Morgan fingerprint density at radius 3 is 1.43 bits per heavy atom. The van der Waals surface area contributed by atoms with Crippen molar-refractivity contribution >= 4 is 0 Å². The average molecular weight is 216 g/mol. The minimum absolute atomic E-state index is 1.95.